The number of para-hydroxylation sites is 3. The smallest absolute Gasteiger partial charge is 0.242 e. The summed E-state index contributed by atoms with van der Waals surface area (Å²) < 4.78 is 2.04. The van der Waals surface area contributed by atoms with Crippen molar-refractivity contribution in [1.82, 2.24) is 14.5 Å². The van der Waals surface area contributed by atoms with Gasteiger partial charge in [-0.25, -0.2) is 4.98 Å². The fourth-order valence-electron chi connectivity index (χ4n) is 5.10. The van der Waals surface area contributed by atoms with E-state index in [2.05, 4.69) is 0 Å². The third-order valence-corrected chi connectivity index (χ3v) is 6.64. The fraction of sp³-hybridized carbons (Fsp3) is 0.400. The molecule has 0 N–H and O–H groups in total. The van der Waals surface area contributed by atoms with Crippen molar-refractivity contribution in [2.24, 2.45) is 0 Å². The first-order valence-electron chi connectivity index (χ1n) is 11.1. The number of fused-ring (bicyclic) bond motifs is 1. The van der Waals surface area contributed by atoms with Gasteiger partial charge in [-0.05, 0) is 49.9 Å². The van der Waals surface area contributed by atoms with Crippen LogP contribution in [0.25, 0.3) is 11.0 Å². The standard InChI is InChI=1S/C25H28N4O2/c1-17-8-7-9-18(2)24(17)29-15-19(14-22(29)30)25-26-20-10-3-4-11-21(20)28(25)16-23(31)27-12-5-6-13-27/h3-4,7-11,19H,5-6,12-16H2,1-2H3. The average Bonchev–Trinajstić information content (AvgIpc) is 3.48. The van der Waals surface area contributed by atoms with E-state index in [1.165, 1.54) is 0 Å². The number of likely N-dealkylation sites (tertiary alicyclic amines) is 1. The molecule has 1 atom stereocenters. The van der Waals surface area contributed by atoms with E-state index < -0.39 is 0 Å². The van der Waals surface area contributed by atoms with Crippen LogP contribution in [0.4, 0.5) is 5.69 Å². The summed E-state index contributed by atoms with van der Waals surface area (Å²) in [4.78, 5) is 34.7. The van der Waals surface area contributed by atoms with Crippen molar-refractivity contribution < 1.29 is 9.59 Å². The van der Waals surface area contributed by atoms with Crippen molar-refractivity contribution in [3.05, 3.63) is 59.4 Å². The van der Waals surface area contributed by atoms with Crippen molar-refractivity contribution in [2.75, 3.05) is 24.5 Å². The van der Waals surface area contributed by atoms with Crippen LogP contribution in [0.2, 0.25) is 0 Å². The van der Waals surface area contributed by atoms with Gasteiger partial charge in [0.2, 0.25) is 11.8 Å². The lowest BCUT2D eigenvalue weighted by atomic mass is 10.1. The number of carbonyl (C=O) groups is 2. The molecule has 5 rings (SSSR count). The Labute approximate surface area is 182 Å². The van der Waals surface area contributed by atoms with Gasteiger partial charge in [-0.1, -0.05) is 30.3 Å². The number of amides is 2. The zero-order chi connectivity index (χ0) is 21.5. The average molecular weight is 417 g/mol. The van der Waals surface area contributed by atoms with Crippen molar-refractivity contribution >= 4 is 28.5 Å². The first-order valence-corrected chi connectivity index (χ1v) is 11.1. The molecule has 31 heavy (non-hydrogen) atoms. The molecular formula is C25H28N4O2. The minimum atomic E-state index is -0.0368. The van der Waals surface area contributed by atoms with Gasteiger partial charge in [0.25, 0.3) is 0 Å². The summed E-state index contributed by atoms with van der Waals surface area (Å²) in [6.45, 7) is 6.64. The summed E-state index contributed by atoms with van der Waals surface area (Å²) in [5, 5.41) is 0. The van der Waals surface area contributed by atoms with E-state index in [0.717, 1.165) is 59.6 Å². The Balaban J connectivity index is 1.50. The zero-order valence-corrected chi connectivity index (χ0v) is 18.2. The number of imidazole rings is 1. The molecule has 0 saturated carbocycles. The molecule has 0 aliphatic carbocycles. The van der Waals surface area contributed by atoms with E-state index in [1.54, 1.807) is 0 Å². The highest BCUT2D eigenvalue weighted by atomic mass is 16.2. The van der Waals surface area contributed by atoms with Crippen LogP contribution in [0.3, 0.4) is 0 Å². The summed E-state index contributed by atoms with van der Waals surface area (Å²) in [7, 11) is 0. The summed E-state index contributed by atoms with van der Waals surface area (Å²) in [6.07, 6.45) is 2.56. The Bertz CT molecular complexity index is 1140. The fourth-order valence-corrected chi connectivity index (χ4v) is 5.10. The second-order valence-electron chi connectivity index (χ2n) is 8.78. The Morgan fingerprint density at radius 1 is 1.03 bits per heavy atom. The molecule has 1 unspecified atom stereocenters. The van der Waals surface area contributed by atoms with Crippen molar-refractivity contribution in [1.29, 1.82) is 0 Å². The number of nitrogens with zero attached hydrogens (tertiary/aromatic N) is 4. The normalized spacial score (nSPS) is 19.0. The lowest BCUT2D eigenvalue weighted by Gasteiger charge is -2.22. The van der Waals surface area contributed by atoms with Crippen molar-refractivity contribution in [3.8, 4) is 0 Å². The molecule has 0 bridgehead atoms. The molecule has 2 aliphatic heterocycles. The highest BCUT2D eigenvalue weighted by molar-refractivity contribution is 5.98. The molecule has 2 aromatic carbocycles. The molecule has 2 aliphatic rings. The topological polar surface area (TPSA) is 58.4 Å². The molecule has 6 heteroatoms. The van der Waals surface area contributed by atoms with E-state index in [9.17, 15) is 9.59 Å². The SMILES string of the molecule is Cc1cccc(C)c1N1CC(c2nc3ccccc3n2CC(=O)N2CCCC2)CC1=O. The van der Waals surface area contributed by atoms with Crippen LogP contribution in [0.1, 0.15) is 42.1 Å². The highest BCUT2D eigenvalue weighted by Crippen LogP contribution is 2.36. The van der Waals surface area contributed by atoms with Crippen molar-refractivity contribution in [3.63, 3.8) is 0 Å². The highest BCUT2D eigenvalue weighted by Gasteiger charge is 2.36. The molecule has 0 radical (unpaired) electrons. The summed E-state index contributed by atoms with van der Waals surface area (Å²) in [5.41, 5.74) is 5.05. The lowest BCUT2D eigenvalue weighted by Crippen LogP contribution is -2.32. The minimum absolute atomic E-state index is 0.0368. The Kier molecular flexibility index (Phi) is 5.00. The molecule has 0 spiro atoms. The third kappa shape index (κ3) is 3.50. The molecule has 1 aromatic heterocycles. The first kappa shape index (κ1) is 19.8. The summed E-state index contributed by atoms with van der Waals surface area (Å²) in [5.74, 6) is 1.06. The maximum Gasteiger partial charge on any atom is 0.242 e. The lowest BCUT2D eigenvalue weighted by molar-refractivity contribution is -0.130. The number of benzene rings is 2. The van der Waals surface area contributed by atoms with Crippen LogP contribution >= 0.6 is 0 Å². The van der Waals surface area contributed by atoms with E-state index in [0.29, 0.717) is 13.0 Å². The van der Waals surface area contributed by atoms with Crippen LogP contribution in [0.15, 0.2) is 42.5 Å². The maximum absolute atomic E-state index is 13.0. The van der Waals surface area contributed by atoms with Gasteiger partial charge < -0.3 is 14.4 Å². The van der Waals surface area contributed by atoms with Crippen LogP contribution in [-0.4, -0.2) is 45.9 Å². The molecule has 3 aromatic rings. The molecule has 160 valence electrons. The van der Waals surface area contributed by atoms with Crippen LogP contribution < -0.4 is 4.90 Å². The second kappa shape index (κ2) is 7.84. The minimum Gasteiger partial charge on any atom is -0.341 e. The van der Waals surface area contributed by atoms with Gasteiger partial charge in [-0.15, -0.1) is 0 Å². The number of hydrogen-bond acceptors (Lipinski definition) is 3. The molecule has 2 fully saturated rings. The number of hydrogen-bond donors (Lipinski definition) is 0. The van der Waals surface area contributed by atoms with Crippen LogP contribution in [0.5, 0.6) is 0 Å². The van der Waals surface area contributed by atoms with Gasteiger partial charge in [0.1, 0.15) is 12.4 Å². The molecule has 2 saturated heterocycles. The summed E-state index contributed by atoms with van der Waals surface area (Å²) >= 11 is 0. The number of rotatable bonds is 4. The molecule has 3 heterocycles. The predicted octanol–water partition coefficient (Wildman–Crippen LogP) is 3.80. The van der Waals surface area contributed by atoms with Gasteiger partial charge in [0.15, 0.2) is 0 Å². The first-order chi connectivity index (χ1) is 15.0. The largest absolute Gasteiger partial charge is 0.341 e. The monoisotopic (exact) mass is 416 g/mol. The van der Waals surface area contributed by atoms with Crippen molar-refractivity contribution in [2.45, 2.75) is 45.6 Å². The second-order valence-corrected chi connectivity index (χ2v) is 8.78. The summed E-state index contributed by atoms with van der Waals surface area (Å²) in [6, 6.07) is 14.1. The van der Waals surface area contributed by atoms with Gasteiger partial charge in [-0.2, -0.15) is 0 Å². The van der Waals surface area contributed by atoms with Gasteiger partial charge in [0, 0.05) is 37.7 Å². The van der Waals surface area contributed by atoms with E-state index in [1.807, 2.05) is 70.7 Å². The van der Waals surface area contributed by atoms with E-state index in [-0.39, 0.29) is 24.3 Å². The predicted molar refractivity (Wildman–Crippen MR) is 121 cm³/mol. The Morgan fingerprint density at radius 3 is 2.48 bits per heavy atom. The van der Waals surface area contributed by atoms with Gasteiger partial charge >= 0.3 is 0 Å². The number of anilines is 1. The molecule has 6 nitrogen and oxygen atoms in total. The van der Waals surface area contributed by atoms with Crippen LogP contribution in [0, 0.1) is 13.8 Å². The third-order valence-electron chi connectivity index (χ3n) is 6.64. The Hall–Kier alpha value is -3.15. The zero-order valence-electron chi connectivity index (χ0n) is 18.2. The van der Waals surface area contributed by atoms with Crippen LogP contribution in [-0.2, 0) is 16.1 Å². The quantitative estimate of drug-likeness (QED) is 0.650. The maximum atomic E-state index is 13.0. The molecule has 2 amide bonds. The number of aromatic nitrogens is 2. The van der Waals surface area contributed by atoms with Gasteiger partial charge in [-0.3, -0.25) is 9.59 Å². The van der Waals surface area contributed by atoms with E-state index in [4.69, 9.17) is 4.98 Å². The number of aryl methyl sites for hydroxylation is 2. The van der Waals surface area contributed by atoms with Gasteiger partial charge in [0.05, 0.1) is 11.0 Å². The van der Waals surface area contributed by atoms with E-state index >= 15 is 0 Å². The molecular weight excluding hydrogens is 388 g/mol. The number of carbonyl (C=O) groups excluding carboxylic acids is 2. The Morgan fingerprint density at radius 2 is 1.74 bits per heavy atom.